The topological polar surface area (TPSA) is 20.2 Å². The molecule has 0 bridgehead atoms. The fourth-order valence-electron chi connectivity index (χ4n) is 1.81. The van der Waals surface area contributed by atoms with Gasteiger partial charge in [-0.05, 0) is 36.5 Å². The molecule has 1 nitrogen and oxygen atoms in total. The smallest absolute Gasteiger partial charge is 0.129 e. The van der Waals surface area contributed by atoms with Crippen LogP contribution in [0, 0.1) is 11.6 Å². The summed E-state index contributed by atoms with van der Waals surface area (Å²) < 4.78 is 25.9. The fraction of sp³-hybridized carbons (Fsp3) is 0.400. The molecule has 1 N–H and O–H groups in total. The van der Waals surface area contributed by atoms with E-state index in [1.54, 1.807) is 0 Å². The van der Waals surface area contributed by atoms with Crippen LogP contribution < -0.4 is 0 Å². The van der Waals surface area contributed by atoms with E-state index in [0.29, 0.717) is 24.0 Å². The number of fused-ring (bicyclic) bond motifs is 1. The van der Waals surface area contributed by atoms with Gasteiger partial charge in [-0.15, -0.1) is 0 Å². The van der Waals surface area contributed by atoms with E-state index >= 15 is 0 Å². The summed E-state index contributed by atoms with van der Waals surface area (Å²) in [5, 5.41) is 9.48. The number of rotatable bonds is 0. The molecule has 0 spiro atoms. The van der Waals surface area contributed by atoms with E-state index < -0.39 is 17.7 Å². The molecule has 1 aliphatic carbocycles. The second-order valence-electron chi connectivity index (χ2n) is 3.36. The van der Waals surface area contributed by atoms with Crippen molar-refractivity contribution in [2.45, 2.75) is 25.4 Å². The first-order chi connectivity index (χ1) is 6.18. The highest BCUT2D eigenvalue weighted by atomic mass is 19.1. The number of benzene rings is 1. The molecule has 0 amide bonds. The van der Waals surface area contributed by atoms with Crippen LogP contribution in [0.3, 0.4) is 0 Å². The summed E-state index contributed by atoms with van der Waals surface area (Å²) in [4.78, 5) is 0. The highest BCUT2D eigenvalue weighted by molar-refractivity contribution is 5.33. The minimum Gasteiger partial charge on any atom is -0.388 e. The first-order valence-electron chi connectivity index (χ1n) is 4.34. The standard InChI is InChI=1S/C10H10F2O/c11-6-4-8-7(9(12)5-6)2-1-3-10(8)13/h4-5,10,13H,1-3H2/t10-/m1/s1. The Labute approximate surface area is 75.0 Å². The highest BCUT2D eigenvalue weighted by Crippen LogP contribution is 2.31. The summed E-state index contributed by atoms with van der Waals surface area (Å²) in [6.45, 7) is 0. The molecule has 0 heterocycles. The molecule has 0 fully saturated rings. The zero-order valence-electron chi connectivity index (χ0n) is 7.06. The summed E-state index contributed by atoms with van der Waals surface area (Å²) in [7, 11) is 0. The van der Waals surface area contributed by atoms with Gasteiger partial charge >= 0.3 is 0 Å². The number of aliphatic hydroxyl groups excluding tert-OH is 1. The fourth-order valence-corrected chi connectivity index (χ4v) is 1.81. The molecule has 0 aromatic heterocycles. The van der Waals surface area contributed by atoms with Crippen molar-refractivity contribution in [2.24, 2.45) is 0 Å². The van der Waals surface area contributed by atoms with E-state index in [2.05, 4.69) is 0 Å². The molecule has 1 atom stereocenters. The average molecular weight is 184 g/mol. The van der Waals surface area contributed by atoms with Crippen molar-refractivity contribution in [3.8, 4) is 0 Å². The van der Waals surface area contributed by atoms with E-state index in [0.717, 1.165) is 12.5 Å². The third kappa shape index (κ3) is 1.44. The van der Waals surface area contributed by atoms with Gasteiger partial charge in [-0.3, -0.25) is 0 Å². The van der Waals surface area contributed by atoms with Crippen molar-refractivity contribution in [1.29, 1.82) is 0 Å². The van der Waals surface area contributed by atoms with Gasteiger partial charge in [0.15, 0.2) is 0 Å². The normalized spacial score (nSPS) is 21.3. The Hall–Kier alpha value is -0.960. The second-order valence-corrected chi connectivity index (χ2v) is 3.36. The minimum absolute atomic E-state index is 0.420. The molecular formula is C10H10F2O. The Balaban J connectivity index is 2.56. The van der Waals surface area contributed by atoms with Gasteiger partial charge in [-0.2, -0.15) is 0 Å². The molecule has 0 radical (unpaired) electrons. The third-order valence-electron chi connectivity index (χ3n) is 2.46. The Morgan fingerprint density at radius 3 is 2.85 bits per heavy atom. The van der Waals surface area contributed by atoms with Crippen LogP contribution in [0.5, 0.6) is 0 Å². The lowest BCUT2D eigenvalue weighted by Crippen LogP contribution is -2.11. The quantitative estimate of drug-likeness (QED) is 0.656. The van der Waals surface area contributed by atoms with E-state index in [1.165, 1.54) is 6.07 Å². The maximum Gasteiger partial charge on any atom is 0.129 e. The number of aliphatic hydroxyl groups is 1. The number of halogens is 2. The SMILES string of the molecule is O[C@@H]1CCCc2c(F)cc(F)cc21. The maximum atomic E-state index is 13.2. The molecule has 2 rings (SSSR count). The van der Waals surface area contributed by atoms with E-state index in [1.807, 2.05) is 0 Å². The predicted molar refractivity (Wildman–Crippen MR) is 44.3 cm³/mol. The molecular weight excluding hydrogens is 174 g/mol. The monoisotopic (exact) mass is 184 g/mol. The predicted octanol–water partition coefficient (Wildman–Crippen LogP) is 2.33. The Morgan fingerprint density at radius 1 is 1.31 bits per heavy atom. The molecule has 13 heavy (non-hydrogen) atoms. The van der Waals surface area contributed by atoms with Crippen LogP contribution in [0.4, 0.5) is 8.78 Å². The van der Waals surface area contributed by atoms with Gasteiger partial charge in [0, 0.05) is 6.07 Å². The van der Waals surface area contributed by atoms with Crippen molar-refractivity contribution >= 4 is 0 Å². The van der Waals surface area contributed by atoms with Gasteiger partial charge in [0.05, 0.1) is 6.10 Å². The van der Waals surface area contributed by atoms with Crippen LogP contribution >= 0.6 is 0 Å². The average Bonchev–Trinajstić information content (AvgIpc) is 2.07. The van der Waals surface area contributed by atoms with Gasteiger partial charge in [0.25, 0.3) is 0 Å². The Kier molecular flexibility index (Phi) is 2.04. The summed E-state index contributed by atoms with van der Waals surface area (Å²) in [5.74, 6) is -1.15. The molecule has 3 heteroatoms. The van der Waals surface area contributed by atoms with Crippen molar-refractivity contribution in [3.05, 3.63) is 34.9 Å². The van der Waals surface area contributed by atoms with E-state index in [-0.39, 0.29) is 0 Å². The largest absolute Gasteiger partial charge is 0.388 e. The van der Waals surface area contributed by atoms with Crippen molar-refractivity contribution in [1.82, 2.24) is 0 Å². The maximum absolute atomic E-state index is 13.2. The van der Waals surface area contributed by atoms with Crippen LogP contribution in [-0.2, 0) is 6.42 Å². The van der Waals surface area contributed by atoms with Gasteiger partial charge in [-0.1, -0.05) is 0 Å². The summed E-state index contributed by atoms with van der Waals surface area (Å²) in [6.07, 6.45) is 1.25. The first-order valence-corrected chi connectivity index (χ1v) is 4.34. The van der Waals surface area contributed by atoms with E-state index in [4.69, 9.17) is 0 Å². The van der Waals surface area contributed by atoms with Crippen LogP contribution in [-0.4, -0.2) is 5.11 Å². The zero-order valence-corrected chi connectivity index (χ0v) is 7.06. The van der Waals surface area contributed by atoms with Crippen molar-refractivity contribution in [3.63, 3.8) is 0 Å². The first kappa shape index (κ1) is 8.63. The lowest BCUT2D eigenvalue weighted by atomic mass is 9.89. The lowest BCUT2D eigenvalue weighted by molar-refractivity contribution is 0.155. The third-order valence-corrected chi connectivity index (χ3v) is 2.46. The van der Waals surface area contributed by atoms with Crippen LogP contribution in [0.2, 0.25) is 0 Å². The van der Waals surface area contributed by atoms with Gasteiger partial charge in [0.1, 0.15) is 11.6 Å². The summed E-state index contributed by atoms with van der Waals surface area (Å²) >= 11 is 0. The molecule has 0 aliphatic heterocycles. The second kappa shape index (κ2) is 3.07. The summed E-state index contributed by atoms with van der Waals surface area (Å²) in [5.41, 5.74) is 0.893. The van der Waals surface area contributed by atoms with E-state index in [9.17, 15) is 13.9 Å². The minimum atomic E-state index is -0.700. The van der Waals surface area contributed by atoms with Crippen LogP contribution in [0.1, 0.15) is 30.1 Å². The zero-order chi connectivity index (χ0) is 9.42. The molecule has 70 valence electrons. The molecule has 0 unspecified atom stereocenters. The van der Waals surface area contributed by atoms with Crippen molar-refractivity contribution < 1.29 is 13.9 Å². The molecule has 1 aromatic carbocycles. The van der Waals surface area contributed by atoms with Gasteiger partial charge in [0.2, 0.25) is 0 Å². The molecule has 1 aromatic rings. The van der Waals surface area contributed by atoms with Crippen molar-refractivity contribution in [2.75, 3.05) is 0 Å². The Morgan fingerprint density at radius 2 is 2.08 bits per heavy atom. The molecule has 0 saturated heterocycles. The lowest BCUT2D eigenvalue weighted by Gasteiger charge is -2.21. The van der Waals surface area contributed by atoms with Crippen LogP contribution in [0.15, 0.2) is 12.1 Å². The molecule has 0 saturated carbocycles. The Bertz CT molecular complexity index is 336. The van der Waals surface area contributed by atoms with Gasteiger partial charge < -0.3 is 5.11 Å². The van der Waals surface area contributed by atoms with Gasteiger partial charge in [-0.25, -0.2) is 8.78 Å². The number of hydrogen-bond donors (Lipinski definition) is 1. The summed E-state index contributed by atoms with van der Waals surface area (Å²) in [6, 6.07) is 2.10. The van der Waals surface area contributed by atoms with Crippen LogP contribution in [0.25, 0.3) is 0 Å². The number of hydrogen-bond acceptors (Lipinski definition) is 1. The molecule has 1 aliphatic rings. The highest BCUT2D eigenvalue weighted by Gasteiger charge is 2.21.